The summed E-state index contributed by atoms with van der Waals surface area (Å²) in [5.74, 6) is 0.302. The number of nitrogens with zero attached hydrogens (tertiary/aromatic N) is 1. The van der Waals surface area contributed by atoms with Gasteiger partial charge >= 0.3 is 5.63 Å². The summed E-state index contributed by atoms with van der Waals surface area (Å²) in [6.07, 6.45) is 0. The van der Waals surface area contributed by atoms with Crippen molar-refractivity contribution < 1.29 is 13.9 Å². The maximum absolute atomic E-state index is 13.1. The van der Waals surface area contributed by atoms with E-state index in [0.717, 1.165) is 27.8 Å². The molecule has 1 amide bonds. The molecule has 0 spiro atoms. The first-order valence-corrected chi connectivity index (χ1v) is 10.1. The highest BCUT2D eigenvalue weighted by molar-refractivity contribution is 5.94. The summed E-state index contributed by atoms with van der Waals surface area (Å²) in [7, 11) is 0. The average molecular weight is 413 g/mol. The summed E-state index contributed by atoms with van der Waals surface area (Å²) in [5, 5.41) is 0.837. The summed E-state index contributed by atoms with van der Waals surface area (Å²) in [6.45, 7) is 4.17. The van der Waals surface area contributed by atoms with E-state index in [0.29, 0.717) is 17.9 Å². The molecule has 156 valence electrons. The Bertz CT molecular complexity index is 1260. The van der Waals surface area contributed by atoms with Crippen molar-refractivity contribution in [3.05, 3.63) is 106 Å². The topological polar surface area (TPSA) is 59.8 Å². The Kier molecular flexibility index (Phi) is 5.85. The van der Waals surface area contributed by atoms with Crippen LogP contribution in [0.1, 0.15) is 16.7 Å². The Morgan fingerprint density at radius 1 is 0.935 bits per heavy atom. The minimum atomic E-state index is -0.411. The minimum absolute atomic E-state index is 0.137. The highest BCUT2D eigenvalue weighted by atomic mass is 16.5. The second-order valence-corrected chi connectivity index (χ2v) is 7.50. The maximum atomic E-state index is 13.1. The number of aryl methyl sites for hydroxylation is 2. The average Bonchev–Trinajstić information content (AvgIpc) is 2.77. The van der Waals surface area contributed by atoms with Crippen molar-refractivity contribution in [1.82, 2.24) is 0 Å². The first kappa shape index (κ1) is 20.4. The predicted octanol–water partition coefficient (Wildman–Crippen LogP) is 5.02. The number of fused-ring (bicyclic) bond motifs is 1. The monoisotopic (exact) mass is 413 g/mol. The van der Waals surface area contributed by atoms with Crippen molar-refractivity contribution in [3.8, 4) is 5.75 Å². The molecule has 4 rings (SSSR count). The molecular formula is C26H23NO4. The van der Waals surface area contributed by atoms with Gasteiger partial charge in [0.05, 0.1) is 6.54 Å². The number of benzene rings is 3. The lowest BCUT2D eigenvalue weighted by molar-refractivity contribution is -0.120. The van der Waals surface area contributed by atoms with E-state index < -0.39 is 5.63 Å². The molecule has 0 aliphatic heterocycles. The smallest absolute Gasteiger partial charge is 0.336 e. The molecule has 1 heterocycles. The fraction of sp³-hybridized carbons (Fsp3) is 0.154. The van der Waals surface area contributed by atoms with E-state index in [-0.39, 0.29) is 12.5 Å². The van der Waals surface area contributed by atoms with Crippen LogP contribution in [-0.4, -0.2) is 12.5 Å². The molecular weight excluding hydrogens is 390 g/mol. The van der Waals surface area contributed by atoms with Crippen LogP contribution < -0.4 is 15.3 Å². The van der Waals surface area contributed by atoms with E-state index in [1.54, 1.807) is 17.0 Å². The molecule has 0 N–H and O–H groups in total. The van der Waals surface area contributed by atoms with Crippen LogP contribution in [0.4, 0.5) is 5.69 Å². The molecule has 3 aromatic carbocycles. The van der Waals surface area contributed by atoms with E-state index in [4.69, 9.17) is 9.15 Å². The second-order valence-electron chi connectivity index (χ2n) is 7.50. The third kappa shape index (κ3) is 4.83. The van der Waals surface area contributed by atoms with Crippen LogP contribution >= 0.6 is 0 Å². The molecule has 1 aromatic heterocycles. The Morgan fingerprint density at radius 3 is 2.42 bits per heavy atom. The molecule has 5 nitrogen and oxygen atoms in total. The summed E-state index contributed by atoms with van der Waals surface area (Å²) in [4.78, 5) is 26.5. The highest BCUT2D eigenvalue weighted by Crippen LogP contribution is 2.23. The van der Waals surface area contributed by atoms with Crippen LogP contribution in [0, 0.1) is 13.8 Å². The number of carbonyl (C=O) groups excluding carboxylic acids is 1. The van der Waals surface area contributed by atoms with Crippen molar-refractivity contribution in [2.45, 2.75) is 20.4 Å². The van der Waals surface area contributed by atoms with E-state index >= 15 is 0 Å². The lowest BCUT2D eigenvalue weighted by atomic mass is 10.1. The van der Waals surface area contributed by atoms with Crippen molar-refractivity contribution in [2.24, 2.45) is 0 Å². The van der Waals surface area contributed by atoms with E-state index in [1.165, 1.54) is 6.07 Å². The van der Waals surface area contributed by atoms with Gasteiger partial charge in [-0.2, -0.15) is 0 Å². The van der Waals surface area contributed by atoms with E-state index in [1.807, 2.05) is 74.5 Å². The number of carbonyl (C=O) groups is 1. The zero-order valence-electron chi connectivity index (χ0n) is 17.5. The summed E-state index contributed by atoms with van der Waals surface area (Å²) in [6, 6.07) is 24.4. The van der Waals surface area contributed by atoms with Gasteiger partial charge in [-0.25, -0.2) is 4.79 Å². The van der Waals surface area contributed by atoms with Gasteiger partial charge in [-0.05, 0) is 49.2 Å². The van der Waals surface area contributed by atoms with Crippen molar-refractivity contribution in [3.63, 3.8) is 0 Å². The molecule has 0 bridgehead atoms. The molecule has 31 heavy (non-hydrogen) atoms. The van der Waals surface area contributed by atoms with Crippen molar-refractivity contribution >= 4 is 22.6 Å². The lowest BCUT2D eigenvalue weighted by Gasteiger charge is -2.23. The highest BCUT2D eigenvalue weighted by Gasteiger charge is 2.17. The molecule has 0 radical (unpaired) electrons. The van der Waals surface area contributed by atoms with Crippen LogP contribution in [0.2, 0.25) is 0 Å². The molecule has 0 aliphatic carbocycles. The van der Waals surface area contributed by atoms with Gasteiger partial charge in [0, 0.05) is 23.2 Å². The first-order valence-electron chi connectivity index (χ1n) is 10.1. The number of hydrogen-bond donors (Lipinski definition) is 0. The zero-order chi connectivity index (χ0) is 21.8. The molecule has 4 aromatic rings. The largest absolute Gasteiger partial charge is 0.484 e. The van der Waals surface area contributed by atoms with Gasteiger partial charge in [0.2, 0.25) is 0 Å². The Hall–Kier alpha value is -3.86. The normalized spacial score (nSPS) is 10.8. The third-order valence-corrected chi connectivity index (χ3v) is 5.12. The van der Waals surface area contributed by atoms with Crippen LogP contribution in [0.25, 0.3) is 11.0 Å². The molecule has 0 unspecified atom stereocenters. The fourth-order valence-electron chi connectivity index (χ4n) is 3.43. The molecule has 0 saturated heterocycles. The predicted molar refractivity (Wildman–Crippen MR) is 122 cm³/mol. The van der Waals surface area contributed by atoms with Crippen molar-refractivity contribution in [2.75, 3.05) is 11.5 Å². The molecule has 5 heteroatoms. The molecule has 0 fully saturated rings. The summed E-state index contributed by atoms with van der Waals surface area (Å²) in [5.41, 5.74) is 3.83. The van der Waals surface area contributed by atoms with Gasteiger partial charge in [0.25, 0.3) is 5.91 Å². The molecule has 0 atom stereocenters. The number of amides is 1. The third-order valence-electron chi connectivity index (χ3n) is 5.12. The quantitative estimate of drug-likeness (QED) is 0.416. The molecule has 0 aliphatic rings. The lowest BCUT2D eigenvalue weighted by Crippen LogP contribution is -2.34. The summed E-state index contributed by atoms with van der Waals surface area (Å²) >= 11 is 0. The van der Waals surface area contributed by atoms with Gasteiger partial charge in [-0.3, -0.25) is 4.79 Å². The van der Waals surface area contributed by atoms with E-state index in [2.05, 4.69) is 0 Å². The number of ether oxygens (including phenoxy) is 1. The minimum Gasteiger partial charge on any atom is -0.484 e. The maximum Gasteiger partial charge on any atom is 0.336 e. The zero-order valence-corrected chi connectivity index (χ0v) is 17.5. The van der Waals surface area contributed by atoms with E-state index in [9.17, 15) is 9.59 Å². The van der Waals surface area contributed by atoms with Crippen LogP contribution in [-0.2, 0) is 11.3 Å². The fourth-order valence-corrected chi connectivity index (χ4v) is 3.43. The second kappa shape index (κ2) is 8.88. The summed E-state index contributed by atoms with van der Waals surface area (Å²) < 4.78 is 11.0. The van der Waals surface area contributed by atoms with Crippen LogP contribution in [0.15, 0.2) is 88.1 Å². The van der Waals surface area contributed by atoms with Gasteiger partial charge < -0.3 is 14.1 Å². The number of anilines is 1. The van der Waals surface area contributed by atoms with Crippen molar-refractivity contribution in [1.29, 1.82) is 0 Å². The Balaban J connectivity index is 1.55. The Morgan fingerprint density at radius 2 is 1.68 bits per heavy atom. The molecule has 0 saturated carbocycles. The van der Waals surface area contributed by atoms with Gasteiger partial charge in [-0.1, -0.05) is 48.0 Å². The van der Waals surface area contributed by atoms with Gasteiger partial charge in [0.15, 0.2) is 6.61 Å². The van der Waals surface area contributed by atoms with Gasteiger partial charge in [-0.15, -0.1) is 0 Å². The standard InChI is InChI=1S/C26H23NO4/c1-18-8-10-21(11-9-18)27(16-20-6-4-3-5-7-20)25(28)17-30-22-12-13-23-19(2)14-26(29)31-24(23)15-22/h3-15H,16-17H2,1-2H3. The van der Waals surface area contributed by atoms with Crippen LogP contribution in [0.3, 0.4) is 0 Å². The van der Waals surface area contributed by atoms with Crippen LogP contribution in [0.5, 0.6) is 5.75 Å². The van der Waals surface area contributed by atoms with Gasteiger partial charge in [0.1, 0.15) is 11.3 Å². The SMILES string of the molecule is Cc1ccc(N(Cc2ccccc2)C(=O)COc2ccc3c(C)cc(=O)oc3c2)cc1. The first-order chi connectivity index (χ1) is 15.0. The Labute approximate surface area is 180 Å². The number of rotatable bonds is 6. The number of hydrogen-bond acceptors (Lipinski definition) is 4.